The first-order chi connectivity index (χ1) is 16.7. The second-order valence-electron chi connectivity index (χ2n) is 9.44. The average molecular weight is 471 g/mol. The summed E-state index contributed by atoms with van der Waals surface area (Å²) >= 11 is 0. The van der Waals surface area contributed by atoms with Crippen LogP contribution in [0.2, 0.25) is 0 Å². The largest absolute Gasteiger partial charge is 0.480 e. The minimum Gasteiger partial charge on any atom is -0.480 e. The van der Waals surface area contributed by atoms with Gasteiger partial charge in [-0.2, -0.15) is 0 Å². The highest BCUT2D eigenvalue weighted by molar-refractivity contribution is 6.07. The van der Waals surface area contributed by atoms with Crippen LogP contribution in [0.4, 0.5) is 0 Å². The van der Waals surface area contributed by atoms with E-state index in [0.29, 0.717) is 23.2 Å². The number of carboxylic acids is 1. The molecule has 0 saturated carbocycles. The molecule has 3 aromatic carbocycles. The average Bonchev–Trinajstić information content (AvgIpc) is 3.38. The van der Waals surface area contributed by atoms with Gasteiger partial charge in [-0.3, -0.25) is 4.79 Å². The van der Waals surface area contributed by atoms with Gasteiger partial charge >= 0.3 is 5.97 Å². The number of hydrogen-bond donors (Lipinski definition) is 4. The molecule has 7 nitrogen and oxygen atoms in total. The van der Waals surface area contributed by atoms with E-state index >= 15 is 0 Å². The van der Waals surface area contributed by atoms with Gasteiger partial charge in [0.2, 0.25) is 0 Å². The van der Waals surface area contributed by atoms with Crippen molar-refractivity contribution in [3.63, 3.8) is 0 Å². The minimum atomic E-state index is -1.05. The smallest absolute Gasteiger partial charge is 0.326 e. The molecule has 0 saturated heterocycles. The van der Waals surface area contributed by atoms with Crippen molar-refractivity contribution in [3.8, 4) is 11.1 Å². The van der Waals surface area contributed by atoms with Crippen molar-refractivity contribution in [1.82, 2.24) is 15.3 Å². The van der Waals surface area contributed by atoms with Gasteiger partial charge in [-0.15, -0.1) is 0 Å². The molecule has 2 unspecified atom stereocenters. The molecule has 180 valence electrons. The summed E-state index contributed by atoms with van der Waals surface area (Å²) in [5.74, 6) is -1.38. The van der Waals surface area contributed by atoms with Gasteiger partial charge in [-0.1, -0.05) is 62.4 Å². The maximum absolute atomic E-state index is 13.4. The van der Waals surface area contributed by atoms with Crippen molar-refractivity contribution in [3.05, 3.63) is 90.0 Å². The summed E-state index contributed by atoms with van der Waals surface area (Å²) in [5.41, 5.74) is 9.17. The molecule has 0 fully saturated rings. The second-order valence-corrected chi connectivity index (χ2v) is 9.44. The zero-order chi connectivity index (χ0) is 25.2. The number of hydrogen-bond acceptors (Lipinski definition) is 4. The minimum absolute atomic E-state index is 0.114. The number of carboxylic acid groups (broad SMARTS) is 1. The van der Waals surface area contributed by atoms with Crippen LogP contribution in [0.15, 0.2) is 73.2 Å². The Balaban J connectivity index is 1.87. The van der Waals surface area contributed by atoms with Crippen LogP contribution in [0.25, 0.3) is 21.9 Å². The predicted octanol–water partition coefficient (Wildman–Crippen LogP) is 4.68. The summed E-state index contributed by atoms with van der Waals surface area (Å²) in [7, 11) is 0. The van der Waals surface area contributed by atoms with E-state index in [2.05, 4.69) is 15.3 Å². The number of carbonyl (C=O) groups excluding carboxylic acids is 1. The van der Waals surface area contributed by atoms with E-state index in [4.69, 9.17) is 5.73 Å². The summed E-state index contributed by atoms with van der Waals surface area (Å²) in [4.78, 5) is 32.5. The third-order valence-electron chi connectivity index (χ3n) is 6.28. The number of aromatic amines is 1. The molecule has 4 rings (SSSR count). The van der Waals surface area contributed by atoms with E-state index in [0.717, 1.165) is 21.9 Å². The van der Waals surface area contributed by atoms with E-state index in [1.165, 1.54) is 0 Å². The lowest BCUT2D eigenvalue weighted by atomic mass is 9.85. The summed E-state index contributed by atoms with van der Waals surface area (Å²) in [6.45, 7) is 5.72. The maximum atomic E-state index is 13.4. The van der Waals surface area contributed by atoms with Gasteiger partial charge in [0.05, 0.1) is 17.6 Å². The Labute approximate surface area is 204 Å². The van der Waals surface area contributed by atoms with Crippen LogP contribution in [0.3, 0.4) is 0 Å². The van der Waals surface area contributed by atoms with Gasteiger partial charge in [0.1, 0.15) is 6.04 Å². The van der Waals surface area contributed by atoms with Gasteiger partial charge in [0.25, 0.3) is 5.91 Å². The standard InChI is InChI=1S/C28H30N4O3/c1-17(2)13-24(27(34)35)32-26(33)22-12-11-19(28(3,29)25-15-30-16-31-25)14-23(22)21-10-6-8-18-7-4-5-9-20(18)21/h4-12,14-17,24H,13,29H2,1-3H3,(H,30,31)(H,32,33)(H,34,35). The second kappa shape index (κ2) is 9.72. The number of aromatic nitrogens is 2. The Morgan fingerprint density at radius 1 is 1.09 bits per heavy atom. The van der Waals surface area contributed by atoms with E-state index in [-0.39, 0.29) is 5.92 Å². The lowest BCUT2D eigenvalue weighted by Crippen LogP contribution is -2.42. The Kier molecular flexibility index (Phi) is 6.71. The molecule has 0 aliphatic heterocycles. The van der Waals surface area contributed by atoms with Crippen molar-refractivity contribution in [1.29, 1.82) is 0 Å². The zero-order valence-corrected chi connectivity index (χ0v) is 20.1. The van der Waals surface area contributed by atoms with Gasteiger partial charge in [0.15, 0.2) is 0 Å². The number of benzene rings is 3. The van der Waals surface area contributed by atoms with Gasteiger partial charge in [-0.25, -0.2) is 9.78 Å². The number of nitrogens with two attached hydrogens (primary N) is 1. The highest BCUT2D eigenvalue weighted by Gasteiger charge is 2.29. The fourth-order valence-corrected chi connectivity index (χ4v) is 4.37. The molecule has 5 N–H and O–H groups in total. The molecule has 0 aliphatic carbocycles. The molecule has 0 spiro atoms. The first-order valence-electron chi connectivity index (χ1n) is 11.6. The third kappa shape index (κ3) is 4.95. The van der Waals surface area contributed by atoms with Crippen LogP contribution in [0.1, 0.15) is 48.8 Å². The molecule has 0 aliphatic rings. The lowest BCUT2D eigenvalue weighted by Gasteiger charge is -2.25. The van der Waals surface area contributed by atoms with E-state index in [9.17, 15) is 14.7 Å². The summed E-state index contributed by atoms with van der Waals surface area (Å²) in [6, 6.07) is 18.3. The molecule has 2 atom stereocenters. The Morgan fingerprint density at radius 3 is 2.51 bits per heavy atom. The van der Waals surface area contributed by atoms with Crippen LogP contribution in [-0.2, 0) is 10.3 Å². The highest BCUT2D eigenvalue weighted by Crippen LogP contribution is 2.35. The first-order valence-corrected chi connectivity index (χ1v) is 11.6. The van der Waals surface area contributed by atoms with Crippen LogP contribution < -0.4 is 11.1 Å². The fraction of sp³-hybridized carbons (Fsp3) is 0.250. The van der Waals surface area contributed by atoms with Crippen LogP contribution in [-0.4, -0.2) is 33.0 Å². The number of nitrogens with one attached hydrogen (secondary N) is 2. The number of amides is 1. The van der Waals surface area contributed by atoms with Crippen LogP contribution in [0.5, 0.6) is 0 Å². The number of carbonyl (C=O) groups is 2. The van der Waals surface area contributed by atoms with Crippen LogP contribution >= 0.6 is 0 Å². The number of H-pyrrole nitrogens is 1. The maximum Gasteiger partial charge on any atom is 0.326 e. The topological polar surface area (TPSA) is 121 Å². The molecule has 0 bridgehead atoms. The van der Waals surface area contributed by atoms with Gasteiger partial charge in [0, 0.05) is 11.8 Å². The molecule has 35 heavy (non-hydrogen) atoms. The van der Waals surface area contributed by atoms with Crippen LogP contribution in [0, 0.1) is 5.92 Å². The molecule has 4 aromatic rings. The number of nitrogens with zero attached hydrogens (tertiary/aromatic N) is 1. The molecular weight excluding hydrogens is 440 g/mol. The molecule has 7 heteroatoms. The molecule has 1 amide bonds. The molecule has 0 radical (unpaired) electrons. The SMILES string of the molecule is CC(C)CC(NC(=O)c1ccc(C(C)(N)c2c[nH]cn2)cc1-c1cccc2ccccc12)C(=O)O. The van der Waals surface area contributed by atoms with Crippen molar-refractivity contribution < 1.29 is 14.7 Å². The van der Waals surface area contributed by atoms with Crippen molar-refractivity contribution in [2.45, 2.75) is 38.8 Å². The van der Waals surface area contributed by atoms with E-state index in [1.807, 2.05) is 69.3 Å². The Bertz CT molecular complexity index is 1350. The van der Waals surface area contributed by atoms with Gasteiger partial charge in [-0.05, 0) is 58.9 Å². The highest BCUT2D eigenvalue weighted by atomic mass is 16.4. The summed E-state index contributed by atoms with van der Waals surface area (Å²) in [6.07, 6.45) is 3.67. The molecular formula is C28H30N4O3. The number of imidazole rings is 1. The number of aliphatic carboxylic acids is 1. The lowest BCUT2D eigenvalue weighted by molar-refractivity contribution is -0.139. The van der Waals surface area contributed by atoms with Gasteiger partial charge < -0.3 is 21.1 Å². The summed E-state index contributed by atoms with van der Waals surface area (Å²) in [5, 5.41) is 14.4. The molecule has 1 aromatic heterocycles. The van der Waals surface area contributed by atoms with Crippen molar-refractivity contribution in [2.24, 2.45) is 11.7 Å². The summed E-state index contributed by atoms with van der Waals surface area (Å²) < 4.78 is 0. The first kappa shape index (κ1) is 24.2. The normalized spacial score (nSPS) is 14.0. The number of rotatable bonds is 8. The van der Waals surface area contributed by atoms with E-state index in [1.54, 1.807) is 24.7 Å². The third-order valence-corrected chi connectivity index (χ3v) is 6.28. The number of fused-ring (bicyclic) bond motifs is 1. The van der Waals surface area contributed by atoms with Crippen molar-refractivity contribution in [2.75, 3.05) is 0 Å². The van der Waals surface area contributed by atoms with E-state index < -0.39 is 23.5 Å². The fourth-order valence-electron chi connectivity index (χ4n) is 4.37. The zero-order valence-electron chi connectivity index (χ0n) is 20.1. The molecule has 1 heterocycles. The monoisotopic (exact) mass is 470 g/mol. The Hall–Kier alpha value is -3.97. The quantitative estimate of drug-likeness (QED) is 0.298. The predicted molar refractivity (Wildman–Crippen MR) is 137 cm³/mol. The van der Waals surface area contributed by atoms with Crippen molar-refractivity contribution >= 4 is 22.6 Å². The Morgan fingerprint density at radius 2 is 1.83 bits per heavy atom.